The van der Waals surface area contributed by atoms with Crippen molar-refractivity contribution in [3.05, 3.63) is 0 Å². The van der Waals surface area contributed by atoms with E-state index in [1.807, 2.05) is 5.43 Å². The quantitative estimate of drug-likeness (QED) is 0.283. The second-order valence-electron chi connectivity index (χ2n) is 2.64. The van der Waals surface area contributed by atoms with Crippen LogP contribution in [-0.4, -0.2) is 29.4 Å². The molecule has 5 N–H and O–H groups in total. The van der Waals surface area contributed by atoms with Crippen molar-refractivity contribution in [1.29, 1.82) is 0 Å². The fourth-order valence-corrected chi connectivity index (χ4v) is 0.740. The maximum absolute atomic E-state index is 11.0. The van der Waals surface area contributed by atoms with Crippen molar-refractivity contribution in [1.82, 2.24) is 10.3 Å². The molecule has 0 heterocycles. The van der Waals surface area contributed by atoms with Crippen molar-refractivity contribution < 1.29 is 9.59 Å². The monoisotopic (exact) mass is 174 g/mol. The summed E-state index contributed by atoms with van der Waals surface area (Å²) < 4.78 is 0. The van der Waals surface area contributed by atoms with Crippen LogP contribution in [0.1, 0.15) is 13.8 Å². The Morgan fingerprint density at radius 2 is 2.00 bits per heavy atom. The molecule has 0 aliphatic rings. The van der Waals surface area contributed by atoms with Gasteiger partial charge < -0.3 is 10.6 Å². The van der Waals surface area contributed by atoms with Gasteiger partial charge in [-0.3, -0.25) is 10.2 Å². The molecule has 0 aromatic rings. The average molecular weight is 174 g/mol. The predicted octanol–water partition coefficient (Wildman–Crippen LogP) is -1.23. The summed E-state index contributed by atoms with van der Waals surface area (Å²) in [6.07, 6.45) is 0. The number of nitrogens with one attached hydrogen (secondary N) is 1. The van der Waals surface area contributed by atoms with Crippen LogP contribution >= 0.6 is 0 Å². The number of hydrogen-bond acceptors (Lipinski definition) is 3. The van der Waals surface area contributed by atoms with E-state index >= 15 is 0 Å². The number of amides is 3. The first kappa shape index (κ1) is 10.7. The Morgan fingerprint density at radius 1 is 1.50 bits per heavy atom. The zero-order valence-electron chi connectivity index (χ0n) is 7.20. The highest BCUT2D eigenvalue weighted by Gasteiger charge is 2.17. The number of primary amides is 1. The number of carbonyl (C=O) groups excluding carboxylic acids is 2. The molecule has 70 valence electrons. The summed E-state index contributed by atoms with van der Waals surface area (Å²) in [5, 5.41) is 0. The molecular formula is C6H14N4O2. The molecule has 0 radical (unpaired) electrons. The molecular weight excluding hydrogens is 160 g/mol. The maximum Gasteiger partial charge on any atom is 0.332 e. The van der Waals surface area contributed by atoms with Crippen LogP contribution in [0, 0.1) is 0 Å². The molecule has 12 heavy (non-hydrogen) atoms. The van der Waals surface area contributed by atoms with Crippen molar-refractivity contribution >= 4 is 11.9 Å². The maximum atomic E-state index is 11.0. The summed E-state index contributed by atoms with van der Waals surface area (Å²) in [7, 11) is 0. The molecule has 0 bridgehead atoms. The normalized spacial score (nSPS) is 9.67. The fraction of sp³-hybridized carbons (Fsp3) is 0.667. The summed E-state index contributed by atoms with van der Waals surface area (Å²) in [4.78, 5) is 22.7. The van der Waals surface area contributed by atoms with Gasteiger partial charge >= 0.3 is 6.03 Å². The first-order valence-corrected chi connectivity index (χ1v) is 3.54. The van der Waals surface area contributed by atoms with Crippen molar-refractivity contribution in [3.8, 4) is 0 Å². The van der Waals surface area contributed by atoms with Gasteiger partial charge in [-0.05, 0) is 13.8 Å². The van der Waals surface area contributed by atoms with Crippen LogP contribution in [0.3, 0.4) is 0 Å². The molecule has 0 unspecified atom stereocenters. The van der Waals surface area contributed by atoms with Gasteiger partial charge in [0.15, 0.2) is 0 Å². The highest BCUT2D eigenvalue weighted by atomic mass is 16.2. The second kappa shape index (κ2) is 4.55. The molecule has 0 spiro atoms. The lowest BCUT2D eigenvalue weighted by Crippen LogP contribution is -2.49. The van der Waals surface area contributed by atoms with Crippen LogP contribution in [0.4, 0.5) is 4.79 Å². The van der Waals surface area contributed by atoms with Crippen molar-refractivity contribution in [3.63, 3.8) is 0 Å². The summed E-state index contributed by atoms with van der Waals surface area (Å²) >= 11 is 0. The second-order valence-corrected chi connectivity index (χ2v) is 2.64. The summed E-state index contributed by atoms with van der Waals surface area (Å²) in [5.74, 6) is 4.33. The lowest BCUT2D eigenvalue weighted by molar-refractivity contribution is -0.118. The molecule has 6 heteroatoms. The van der Waals surface area contributed by atoms with Crippen LogP contribution in [0.2, 0.25) is 0 Å². The van der Waals surface area contributed by atoms with E-state index in [4.69, 9.17) is 11.6 Å². The highest BCUT2D eigenvalue weighted by Crippen LogP contribution is 1.96. The Morgan fingerprint density at radius 3 is 2.25 bits per heavy atom. The number of urea groups is 1. The van der Waals surface area contributed by atoms with E-state index in [0.29, 0.717) is 0 Å². The Kier molecular flexibility index (Phi) is 4.06. The third-order valence-electron chi connectivity index (χ3n) is 1.33. The van der Waals surface area contributed by atoms with E-state index in [0.717, 1.165) is 0 Å². The van der Waals surface area contributed by atoms with Gasteiger partial charge in [-0.25, -0.2) is 10.6 Å². The van der Waals surface area contributed by atoms with Gasteiger partial charge in [0, 0.05) is 6.04 Å². The standard InChI is InChI=1S/C6H14N4O2/c1-4(2)10(3-5(7)11)6(12)9-8/h4H,3,8H2,1-2H3,(H2,7,11)(H,9,12). The molecule has 0 aromatic heterocycles. The molecule has 0 atom stereocenters. The molecule has 0 aliphatic heterocycles. The lowest BCUT2D eigenvalue weighted by atomic mass is 10.3. The Hall–Kier alpha value is -1.30. The van der Waals surface area contributed by atoms with Gasteiger partial charge in [-0.2, -0.15) is 0 Å². The number of hydrogen-bond donors (Lipinski definition) is 3. The molecule has 6 nitrogen and oxygen atoms in total. The zero-order chi connectivity index (χ0) is 9.72. The molecule has 0 fully saturated rings. The Labute approximate surface area is 70.8 Å². The van der Waals surface area contributed by atoms with E-state index in [9.17, 15) is 9.59 Å². The van der Waals surface area contributed by atoms with Crippen LogP contribution in [0.15, 0.2) is 0 Å². The van der Waals surface area contributed by atoms with E-state index in [1.165, 1.54) is 4.90 Å². The van der Waals surface area contributed by atoms with Gasteiger partial charge in [-0.1, -0.05) is 0 Å². The third-order valence-corrected chi connectivity index (χ3v) is 1.33. The SMILES string of the molecule is CC(C)N(CC(N)=O)C(=O)NN. The predicted molar refractivity (Wildman–Crippen MR) is 43.8 cm³/mol. The van der Waals surface area contributed by atoms with E-state index in [2.05, 4.69) is 0 Å². The van der Waals surface area contributed by atoms with Gasteiger partial charge in [0.25, 0.3) is 0 Å². The van der Waals surface area contributed by atoms with Crippen molar-refractivity contribution in [2.45, 2.75) is 19.9 Å². The number of rotatable bonds is 3. The number of nitrogens with zero attached hydrogens (tertiary/aromatic N) is 1. The van der Waals surface area contributed by atoms with Crippen LogP contribution < -0.4 is 17.0 Å². The zero-order valence-corrected chi connectivity index (χ0v) is 7.20. The topological polar surface area (TPSA) is 101 Å². The third kappa shape index (κ3) is 3.20. The smallest absolute Gasteiger partial charge is 0.332 e. The summed E-state index contributed by atoms with van der Waals surface area (Å²) in [5.41, 5.74) is 6.85. The van der Waals surface area contributed by atoms with Gasteiger partial charge in [0.1, 0.15) is 6.54 Å². The van der Waals surface area contributed by atoms with Gasteiger partial charge in [-0.15, -0.1) is 0 Å². The molecule has 0 aliphatic carbocycles. The van der Waals surface area contributed by atoms with Gasteiger partial charge in [0.05, 0.1) is 0 Å². The van der Waals surface area contributed by atoms with E-state index in [1.54, 1.807) is 13.8 Å². The fourth-order valence-electron chi connectivity index (χ4n) is 0.740. The first-order chi connectivity index (χ1) is 5.49. The minimum atomic E-state index is -0.563. The molecule has 3 amide bonds. The highest BCUT2D eigenvalue weighted by molar-refractivity contribution is 5.82. The van der Waals surface area contributed by atoms with Crippen molar-refractivity contribution in [2.24, 2.45) is 11.6 Å². The minimum Gasteiger partial charge on any atom is -0.368 e. The largest absolute Gasteiger partial charge is 0.368 e. The Balaban J connectivity index is 4.23. The lowest BCUT2D eigenvalue weighted by Gasteiger charge is -2.24. The van der Waals surface area contributed by atoms with E-state index < -0.39 is 11.9 Å². The van der Waals surface area contributed by atoms with Gasteiger partial charge in [0.2, 0.25) is 5.91 Å². The summed E-state index contributed by atoms with van der Waals surface area (Å²) in [6.45, 7) is 3.40. The van der Waals surface area contributed by atoms with Crippen LogP contribution in [0.5, 0.6) is 0 Å². The summed E-state index contributed by atoms with van der Waals surface area (Å²) in [6, 6.07) is -0.621. The van der Waals surface area contributed by atoms with E-state index in [-0.39, 0.29) is 12.6 Å². The van der Waals surface area contributed by atoms with Crippen molar-refractivity contribution in [2.75, 3.05) is 6.54 Å². The molecule has 0 saturated heterocycles. The minimum absolute atomic E-state index is 0.110. The van der Waals surface area contributed by atoms with Crippen LogP contribution in [0.25, 0.3) is 0 Å². The number of carbonyl (C=O) groups is 2. The molecule has 0 saturated carbocycles. The Bertz CT molecular complexity index is 180. The number of hydrazine groups is 1. The average Bonchev–Trinajstić information content (AvgIpc) is 1.98. The molecule has 0 rings (SSSR count). The molecule has 0 aromatic carbocycles. The van der Waals surface area contributed by atoms with Crippen LogP contribution in [-0.2, 0) is 4.79 Å². The first-order valence-electron chi connectivity index (χ1n) is 3.54. The number of nitrogens with two attached hydrogens (primary N) is 2.